The van der Waals surface area contributed by atoms with E-state index in [1.165, 1.54) is 6.07 Å². The fourth-order valence-electron chi connectivity index (χ4n) is 1.84. The summed E-state index contributed by atoms with van der Waals surface area (Å²) in [6.45, 7) is -0.859. The van der Waals surface area contributed by atoms with E-state index in [4.69, 9.17) is 4.52 Å². The Hall–Kier alpha value is -2.02. The molecule has 0 saturated carbocycles. The fraction of sp³-hybridized carbons (Fsp3) is 0.429. The highest BCUT2D eigenvalue weighted by molar-refractivity contribution is 5.35. The number of hydrogen-bond acceptors (Lipinski definition) is 5. The number of aromatic nitrogens is 2. The van der Waals surface area contributed by atoms with Gasteiger partial charge in [0.05, 0.1) is 6.42 Å². The van der Waals surface area contributed by atoms with Crippen molar-refractivity contribution in [2.75, 3.05) is 7.05 Å². The second kappa shape index (κ2) is 7.12. The molecular formula is C14H17F2N3O2. The van der Waals surface area contributed by atoms with Crippen LogP contribution >= 0.6 is 0 Å². The van der Waals surface area contributed by atoms with Gasteiger partial charge in [0.1, 0.15) is 5.75 Å². The van der Waals surface area contributed by atoms with Gasteiger partial charge in [-0.05, 0) is 20.0 Å². The van der Waals surface area contributed by atoms with Crippen LogP contribution in [0.2, 0.25) is 0 Å². The molecule has 1 N–H and O–H groups in total. The number of likely N-dealkylation sites (N-methyl/N-ethyl adjacent to an activating group) is 1. The second-order valence-electron chi connectivity index (χ2n) is 4.66. The van der Waals surface area contributed by atoms with Crippen molar-refractivity contribution < 1.29 is 18.0 Å². The molecule has 0 radical (unpaired) electrons. The van der Waals surface area contributed by atoms with E-state index >= 15 is 0 Å². The van der Waals surface area contributed by atoms with E-state index in [9.17, 15) is 8.78 Å². The summed E-state index contributed by atoms with van der Waals surface area (Å²) in [4.78, 5) is 4.25. The molecule has 7 heteroatoms. The van der Waals surface area contributed by atoms with Crippen LogP contribution in [0.15, 0.2) is 28.8 Å². The number of hydrogen-bond donors (Lipinski definition) is 1. The average molecular weight is 297 g/mol. The number of para-hydroxylation sites is 1. The van der Waals surface area contributed by atoms with Crippen molar-refractivity contribution in [3.8, 4) is 5.75 Å². The Morgan fingerprint density at radius 3 is 2.81 bits per heavy atom. The highest BCUT2D eigenvalue weighted by Crippen LogP contribution is 2.22. The molecule has 0 spiro atoms. The van der Waals surface area contributed by atoms with Crippen LogP contribution in [0.3, 0.4) is 0 Å². The fourth-order valence-corrected chi connectivity index (χ4v) is 1.84. The molecule has 0 fully saturated rings. The number of alkyl halides is 2. The third kappa shape index (κ3) is 4.49. The zero-order valence-electron chi connectivity index (χ0n) is 11.8. The lowest BCUT2D eigenvalue weighted by atomic mass is 10.1. The van der Waals surface area contributed by atoms with Gasteiger partial charge < -0.3 is 14.6 Å². The lowest BCUT2D eigenvalue weighted by Gasteiger charge is -2.08. The van der Waals surface area contributed by atoms with Crippen molar-refractivity contribution in [2.45, 2.75) is 32.4 Å². The van der Waals surface area contributed by atoms with Gasteiger partial charge in [0.25, 0.3) is 0 Å². The summed E-state index contributed by atoms with van der Waals surface area (Å²) in [5.74, 6) is 1.08. The lowest BCUT2D eigenvalue weighted by molar-refractivity contribution is -0.0504. The average Bonchev–Trinajstić information content (AvgIpc) is 2.87. The molecule has 0 aliphatic rings. The summed E-state index contributed by atoms with van der Waals surface area (Å²) < 4.78 is 34.3. The maximum absolute atomic E-state index is 12.3. The molecule has 1 unspecified atom stereocenters. The number of rotatable bonds is 7. The van der Waals surface area contributed by atoms with Gasteiger partial charge in [-0.15, -0.1) is 0 Å². The lowest BCUT2D eigenvalue weighted by Crippen LogP contribution is -2.24. The predicted molar refractivity (Wildman–Crippen MR) is 72.4 cm³/mol. The normalized spacial score (nSPS) is 12.6. The molecule has 1 aromatic carbocycles. The highest BCUT2D eigenvalue weighted by Gasteiger charge is 2.14. The first-order valence-electron chi connectivity index (χ1n) is 6.60. The molecule has 0 amide bonds. The molecule has 1 aromatic heterocycles. The van der Waals surface area contributed by atoms with Crippen molar-refractivity contribution in [2.24, 2.45) is 0 Å². The largest absolute Gasteiger partial charge is 0.435 e. The number of ether oxygens (including phenoxy) is 1. The molecule has 0 aliphatic heterocycles. The summed E-state index contributed by atoms with van der Waals surface area (Å²) in [5.41, 5.74) is 0.578. The summed E-state index contributed by atoms with van der Waals surface area (Å²) in [6, 6.07) is 6.79. The van der Waals surface area contributed by atoms with E-state index in [1.54, 1.807) is 18.2 Å². The van der Waals surface area contributed by atoms with E-state index in [2.05, 4.69) is 20.2 Å². The first-order valence-corrected chi connectivity index (χ1v) is 6.60. The smallest absolute Gasteiger partial charge is 0.387 e. The molecule has 114 valence electrons. The van der Waals surface area contributed by atoms with Gasteiger partial charge >= 0.3 is 6.61 Å². The minimum atomic E-state index is -2.86. The maximum atomic E-state index is 12.3. The molecule has 5 nitrogen and oxygen atoms in total. The van der Waals surface area contributed by atoms with Crippen LogP contribution < -0.4 is 10.1 Å². The number of halogens is 2. The van der Waals surface area contributed by atoms with Crippen LogP contribution in [0.5, 0.6) is 5.75 Å². The Kier molecular flexibility index (Phi) is 5.21. The molecular weight excluding hydrogens is 280 g/mol. The first-order chi connectivity index (χ1) is 10.1. The van der Waals surface area contributed by atoms with Gasteiger partial charge in [-0.2, -0.15) is 13.8 Å². The van der Waals surface area contributed by atoms with Gasteiger partial charge in [-0.1, -0.05) is 23.4 Å². The third-order valence-electron chi connectivity index (χ3n) is 3.02. The Morgan fingerprint density at radius 2 is 2.10 bits per heavy atom. The Balaban J connectivity index is 2.08. The molecule has 2 aromatic rings. The summed E-state index contributed by atoms with van der Waals surface area (Å²) in [6.07, 6.45) is 0.888. The van der Waals surface area contributed by atoms with Gasteiger partial charge in [0.15, 0.2) is 5.82 Å². The van der Waals surface area contributed by atoms with Crippen LogP contribution in [-0.2, 0) is 12.8 Å². The van der Waals surface area contributed by atoms with Crippen LogP contribution in [-0.4, -0.2) is 29.8 Å². The van der Waals surface area contributed by atoms with Crippen molar-refractivity contribution in [3.05, 3.63) is 41.5 Å². The molecule has 1 heterocycles. The molecule has 2 rings (SSSR count). The topological polar surface area (TPSA) is 60.2 Å². The zero-order valence-corrected chi connectivity index (χ0v) is 11.8. The van der Waals surface area contributed by atoms with Crippen LogP contribution in [0.1, 0.15) is 24.2 Å². The van der Waals surface area contributed by atoms with Crippen molar-refractivity contribution in [1.29, 1.82) is 0 Å². The Labute approximate surface area is 121 Å². The third-order valence-corrected chi connectivity index (χ3v) is 3.02. The van der Waals surface area contributed by atoms with E-state index in [-0.39, 0.29) is 18.2 Å². The summed E-state index contributed by atoms with van der Waals surface area (Å²) in [5, 5.41) is 6.95. The maximum Gasteiger partial charge on any atom is 0.387 e. The molecule has 0 aliphatic carbocycles. The molecule has 0 bridgehead atoms. The van der Waals surface area contributed by atoms with Gasteiger partial charge in [-0.25, -0.2) is 0 Å². The van der Waals surface area contributed by atoms with Gasteiger partial charge in [0.2, 0.25) is 5.89 Å². The Morgan fingerprint density at radius 1 is 1.33 bits per heavy atom. The monoisotopic (exact) mass is 297 g/mol. The molecule has 1 atom stereocenters. The van der Waals surface area contributed by atoms with Gasteiger partial charge in [-0.3, -0.25) is 0 Å². The first kappa shape index (κ1) is 15.4. The summed E-state index contributed by atoms with van der Waals surface area (Å²) in [7, 11) is 1.85. The SMILES string of the molecule is CNC(C)Cc1noc(Cc2ccccc2OC(F)F)n1. The quantitative estimate of drug-likeness (QED) is 0.850. The minimum absolute atomic E-state index is 0.121. The molecule has 0 saturated heterocycles. The van der Waals surface area contributed by atoms with Gasteiger partial charge in [0, 0.05) is 18.0 Å². The minimum Gasteiger partial charge on any atom is -0.435 e. The number of nitrogens with zero attached hydrogens (tertiary/aromatic N) is 2. The van der Waals surface area contributed by atoms with Crippen LogP contribution in [0.4, 0.5) is 8.78 Å². The van der Waals surface area contributed by atoms with E-state index in [1.807, 2.05) is 14.0 Å². The van der Waals surface area contributed by atoms with E-state index in [0.717, 1.165) is 0 Å². The zero-order chi connectivity index (χ0) is 15.2. The molecule has 21 heavy (non-hydrogen) atoms. The van der Waals surface area contributed by atoms with Crippen molar-refractivity contribution in [3.63, 3.8) is 0 Å². The van der Waals surface area contributed by atoms with Crippen LogP contribution in [0.25, 0.3) is 0 Å². The highest BCUT2D eigenvalue weighted by atomic mass is 19.3. The van der Waals surface area contributed by atoms with E-state index in [0.29, 0.717) is 23.7 Å². The van der Waals surface area contributed by atoms with Crippen molar-refractivity contribution in [1.82, 2.24) is 15.5 Å². The van der Waals surface area contributed by atoms with Crippen LogP contribution in [0, 0.1) is 0 Å². The Bertz CT molecular complexity index is 575. The second-order valence-corrected chi connectivity index (χ2v) is 4.66. The summed E-state index contributed by atoms with van der Waals surface area (Å²) >= 11 is 0. The predicted octanol–water partition coefficient (Wildman–Crippen LogP) is 2.41. The van der Waals surface area contributed by atoms with Crippen molar-refractivity contribution >= 4 is 0 Å². The van der Waals surface area contributed by atoms with E-state index < -0.39 is 6.61 Å². The standard InChI is InChI=1S/C14H17F2N3O2/c1-9(17-2)7-12-18-13(21-19-12)8-10-5-3-4-6-11(10)20-14(15)16/h3-6,9,14,17H,7-8H2,1-2H3. The number of nitrogens with one attached hydrogen (secondary N) is 1. The number of benzene rings is 1.